The number of benzene rings is 1. The van der Waals surface area contributed by atoms with Crippen LogP contribution in [0.5, 0.6) is 0 Å². The molecule has 2 N–H and O–H groups in total. The largest absolute Gasteiger partial charge is 0.469 e. The number of hydrogen-bond acceptors (Lipinski definition) is 3. The van der Waals surface area contributed by atoms with Crippen LogP contribution in [0.4, 0.5) is 0 Å². The highest BCUT2D eigenvalue weighted by molar-refractivity contribution is 6.30. The Hall–Kier alpha value is -1.06. The molecular weight excluding hydrogens is 238 g/mol. The Morgan fingerprint density at radius 3 is 2.53 bits per heavy atom. The minimum absolute atomic E-state index is 0.173. The molecule has 0 amide bonds. The summed E-state index contributed by atoms with van der Waals surface area (Å²) in [6, 6.07) is 7.52. The summed E-state index contributed by atoms with van der Waals surface area (Å²) >= 11 is 5.82. The summed E-state index contributed by atoms with van der Waals surface area (Å²) in [4.78, 5) is 11.1. The van der Waals surface area contributed by atoms with Crippen molar-refractivity contribution in [3.05, 3.63) is 34.9 Å². The molecule has 0 aromatic heterocycles. The third-order valence-electron chi connectivity index (χ3n) is 2.75. The smallest absolute Gasteiger partial charge is 0.307 e. The van der Waals surface area contributed by atoms with Gasteiger partial charge in [0.25, 0.3) is 0 Å². The maximum atomic E-state index is 11.1. The van der Waals surface area contributed by atoms with Gasteiger partial charge in [0, 0.05) is 11.1 Å². The zero-order valence-corrected chi connectivity index (χ0v) is 10.9. The van der Waals surface area contributed by atoms with E-state index < -0.39 is 0 Å². The number of carbonyl (C=O) groups excluding carboxylic acids is 1. The topological polar surface area (TPSA) is 52.3 Å². The van der Waals surface area contributed by atoms with Crippen molar-refractivity contribution in [1.82, 2.24) is 0 Å². The van der Waals surface area contributed by atoms with Crippen molar-refractivity contribution in [3.8, 4) is 0 Å². The van der Waals surface area contributed by atoms with Gasteiger partial charge in [0.15, 0.2) is 0 Å². The van der Waals surface area contributed by atoms with Gasteiger partial charge in [-0.1, -0.05) is 30.7 Å². The first kappa shape index (κ1) is 14.0. The van der Waals surface area contributed by atoms with Crippen LogP contribution in [0, 0.1) is 0 Å². The van der Waals surface area contributed by atoms with Gasteiger partial charge in [0.2, 0.25) is 0 Å². The van der Waals surface area contributed by atoms with E-state index in [0.717, 1.165) is 11.4 Å². The fraction of sp³-hybridized carbons (Fsp3) is 0.462. The Balaban J connectivity index is 2.51. The highest BCUT2D eigenvalue weighted by Crippen LogP contribution is 2.22. The van der Waals surface area contributed by atoms with E-state index in [1.165, 1.54) is 12.7 Å². The van der Waals surface area contributed by atoms with E-state index in [9.17, 15) is 4.79 Å². The lowest BCUT2D eigenvalue weighted by molar-refractivity contribution is -0.141. The summed E-state index contributed by atoms with van der Waals surface area (Å²) in [5, 5.41) is 0.722. The molecule has 0 bridgehead atoms. The molecule has 0 radical (unpaired) electrons. The second-order valence-electron chi connectivity index (χ2n) is 4.23. The maximum absolute atomic E-state index is 11.1. The van der Waals surface area contributed by atoms with E-state index in [-0.39, 0.29) is 18.4 Å². The normalized spacial score (nSPS) is 14.1. The third kappa shape index (κ3) is 4.75. The standard InChI is InChI=1S/C13H18ClNO2/c1-9(7-12(15)8-13(16)17-2)10-3-5-11(14)6-4-10/h3-6,9,12H,7-8,15H2,1-2H3. The number of rotatable bonds is 5. The van der Waals surface area contributed by atoms with E-state index in [1.807, 2.05) is 24.3 Å². The van der Waals surface area contributed by atoms with Crippen LogP contribution in [0.25, 0.3) is 0 Å². The molecule has 0 spiro atoms. The molecular formula is C13H18ClNO2. The van der Waals surface area contributed by atoms with Gasteiger partial charge in [-0.3, -0.25) is 4.79 Å². The molecule has 2 unspecified atom stereocenters. The quantitative estimate of drug-likeness (QED) is 0.823. The molecule has 0 saturated heterocycles. The maximum Gasteiger partial charge on any atom is 0.307 e. The summed E-state index contributed by atoms with van der Waals surface area (Å²) in [5.74, 6) is 0.0349. The first-order valence-electron chi connectivity index (χ1n) is 5.60. The molecule has 0 fully saturated rings. The Morgan fingerprint density at radius 1 is 1.41 bits per heavy atom. The summed E-state index contributed by atoms with van der Waals surface area (Å²) in [6.45, 7) is 2.08. The van der Waals surface area contributed by atoms with Gasteiger partial charge in [0.05, 0.1) is 13.5 Å². The van der Waals surface area contributed by atoms with Gasteiger partial charge in [-0.25, -0.2) is 0 Å². The highest BCUT2D eigenvalue weighted by atomic mass is 35.5. The van der Waals surface area contributed by atoms with E-state index in [2.05, 4.69) is 11.7 Å². The van der Waals surface area contributed by atoms with Gasteiger partial charge in [0.1, 0.15) is 0 Å². The average Bonchev–Trinajstić information content (AvgIpc) is 2.29. The van der Waals surface area contributed by atoms with Crippen LogP contribution < -0.4 is 5.73 Å². The van der Waals surface area contributed by atoms with Crippen LogP contribution in [0.1, 0.15) is 31.2 Å². The van der Waals surface area contributed by atoms with Gasteiger partial charge < -0.3 is 10.5 Å². The molecule has 0 aliphatic heterocycles. The second kappa shape index (κ2) is 6.62. The molecule has 0 heterocycles. The fourth-order valence-electron chi connectivity index (χ4n) is 1.76. The van der Waals surface area contributed by atoms with Crippen molar-refractivity contribution < 1.29 is 9.53 Å². The van der Waals surface area contributed by atoms with Gasteiger partial charge >= 0.3 is 5.97 Å². The van der Waals surface area contributed by atoms with Crippen LogP contribution in [0.15, 0.2) is 24.3 Å². The lowest BCUT2D eigenvalue weighted by atomic mass is 9.93. The molecule has 1 aromatic carbocycles. The summed E-state index contributed by atoms with van der Waals surface area (Å²) < 4.78 is 4.59. The predicted octanol–water partition coefficient (Wildman–Crippen LogP) is 2.72. The third-order valence-corrected chi connectivity index (χ3v) is 3.00. The molecule has 1 rings (SSSR count). The van der Waals surface area contributed by atoms with Crippen molar-refractivity contribution in [2.75, 3.05) is 7.11 Å². The monoisotopic (exact) mass is 255 g/mol. The van der Waals surface area contributed by atoms with Gasteiger partial charge in [-0.2, -0.15) is 0 Å². The van der Waals surface area contributed by atoms with Crippen LogP contribution >= 0.6 is 11.6 Å². The number of hydrogen-bond donors (Lipinski definition) is 1. The lowest BCUT2D eigenvalue weighted by Gasteiger charge is -2.16. The van der Waals surface area contributed by atoms with Gasteiger partial charge in [-0.15, -0.1) is 0 Å². The Bertz CT molecular complexity index is 364. The van der Waals surface area contributed by atoms with Gasteiger partial charge in [-0.05, 0) is 30.0 Å². The summed E-state index contributed by atoms with van der Waals surface area (Å²) in [5.41, 5.74) is 7.07. The number of nitrogens with two attached hydrogens (primary N) is 1. The van der Waals surface area contributed by atoms with Crippen molar-refractivity contribution in [2.24, 2.45) is 5.73 Å². The van der Waals surface area contributed by atoms with E-state index in [1.54, 1.807) is 0 Å². The van der Waals surface area contributed by atoms with Crippen molar-refractivity contribution in [1.29, 1.82) is 0 Å². The molecule has 0 aliphatic rings. The van der Waals surface area contributed by atoms with Crippen molar-refractivity contribution >= 4 is 17.6 Å². The summed E-state index contributed by atoms with van der Waals surface area (Å²) in [7, 11) is 1.37. The zero-order valence-electron chi connectivity index (χ0n) is 10.2. The number of esters is 1. The van der Waals surface area contributed by atoms with E-state index in [0.29, 0.717) is 5.92 Å². The highest BCUT2D eigenvalue weighted by Gasteiger charge is 2.14. The number of ether oxygens (including phenoxy) is 1. The summed E-state index contributed by atoms with van der Waals surface area (Å²) in [6.07, 6.45) is 1.01. The lowest BCUT2D eigenvalue weighted by Crippen LogP contribution is -2.26. The van der Waals surface area contributed by atoms with Crippen molar-refractivity contribution in [2.45, 2.75) is 31.7 Å². The molecule has 0 aliphatic carbocycles. The van der Waals surface area contributed by atoms with Crippen LogP contribution in [-0.4, -0.2) is 19.1 Å². The first-order chi connectivity index (χ1) is 8.02. The molecule has 94 valence electrons. The number of methoxy groups -OCH3 is 1. The Kier molecular flexibility index (Phi) is 5.45. The van der Waals surface area contributed by atoms with E-state index in [4.69, 9.17) is 17.3 Å². The van der Waals surface area contributed by atoms with Crippen LogP contribution in [0.3, 0.4) is 0 Å². The van der Waals surface area contributed by atoms with Crippen molar-refractivity contribution in [3.63, 3.8) is 0 Å². The predicted molar refractivity (Wildman–Crippen MR) is 69.1 cm³/mol. The molecule has 2 atom stereocenters. The SMILES string of the molecule is COC(=O)CC(N)CC(C)c1ccc(Cl)cc1. The Morgan fingerprint density at radius 2 is 2.00 bits per heavy atom. The number of carbonyl (C=O) groups is 1. The van der Waals surface area contributed by atoms with Crippen LogP contribution in [0.2, 0.25) is 5.02 Å². The zero-order chi connectivity index (χ0) is 12.8. The van der Waals surface area contributed by atoms with E-state index >= 15 is 0 Å². The fourth-order valence-corrected chi connectivity index (χ4v) is 1.89. The molecule has 3 nitrogen and oxygen atoms in total. The first-order valence-corrected chi connectivity index (χ1v) is 5.98. The second-order valence-corrected chi connectivity index (χ2v) is 4.67. The molecule has 4 heteroatoms. The minimum atomic E-state index is -0.263. The minimum Gasteiger partial charge on any atom is -0.469 e. The van der Waals surface area contributed by atoms with Crippen LogP contribution in [-0.2, 0) is 9.53 Å². The average molecular weight is 256 g/mol. The molecule has 1 aromatic rings. The molecule has 17 heavy (non-hydrogen) atoms. The Labute approximate surface area is 107 Å². The number of halogens is 1. The molecule has 0 saturated carbocycles.